The SMILES string of the molecule is Cl.O=C(C1CNC1)N1CCN(S(=O)(=O)c2ccccc2)CC1. The van der Waals surface area contributed by atoms with Crippen LogP contribution in [-0.4, -0.2) is 62.8 Å². The zero-order chi connectivity index (χ0) is 14.9. The first-order valence-corrected chi connectivity index (χ1v) is 8.58. The van der Waals surface area contributed by atoms with Gasteiger partial charge in [-0.15, -0.1) is 12.4 Å². The Hall–Kier alpha value is -1.15. The number of nitrogens with zero attached hydrogens (tertiary/aromatic N) is 2. The summed E-state index contributed by atoms with van der Waals surface area (Å²) < 4.78 is 26.4. The average Bonchev–Trinajstić information content (AvgIpc) is 2.46. The van der Waals surface area contributed by atoms with Gasteiger partial charge in [0.15, 0.2) is 0 Å². The molecule has 0 spiro atoms. The Balaban J connectivity index is 0.00000176. The molecule has 22 heavy (non-hydrogen) atoms. The van der Waals surface area contributed by atoms with Crippen molar-refractivity contribution in [1.82, 2.24) is 14.5 Å². The summed E-state index contributed by atoms with van der Waals surface area (Å²) >= 11 is 0. The molecule has 1 aromatic carbocycles. The van der Waals surface area contributed by atoms with E-state index in [0.29, 0.717) is 31.1 Å². The summed E-state index contributed by atoms with van der Waals surface area (Å²) in [6.45, 7) is 3.15. The number of piperazine rings is 1. The molecule has 2 heterocycles. The smallest absolute Gasteiger partial charge is 0.243 e. The monoisotopic (exact) mass is 345 g/mol. The van der Waals surface area contributed by atoms with Crippen molar-refractivity contribution in [3.8, 4) is 0 Å². The highest BCUT2D eigenvalue weighted by Gasteiger charge is 2.34. The summed E-state index contributed by atoms with van der Waals surface area (Å²) in [5.41, 5.74) is 0. The van der Waals surface area contributed by atoms with Gasteiger partial charge in [-0.05, 0) is 12.1 Å². The highest BCUT2D eigenvalue weighted by atomic mass is 35.5. The summed E-state index contributed by atoms with van der Waals surface area (Å²) in [5, 5.41) is 3.08. The number of hydrogen-bond acceptors (Lipinski definition) is 4. The molecule has 8 heteroatoms. The molecule has 1 aromatic rings. The standard InChI is InChI=1S/C14H19N3O3S.ClH/c18-14(12-10-15-11-12)16-6-8-17(9-7-16)21(19,20)13-4-2-1-3-5-13;/h1-5,12,15H,6-11H2;1H. The van der Waals surface area contributed by atoms with Gasteiger partial charge in [-0.3, -0.25) is 4.79 Å². The molecule has 2 saturated heterocycles. The Bertz CT molecular complexity index is 611. The lowest BCUT2D eigenvalue weighted by Gasteiger charge is -2.37. The summed E-state index contributed by atoms with van der Waals surface area (Å²) in [5.74, 6) is 0.216. The summed E-state index contributed by atoms with van der Waals surface area (Å²) in [7, 11) is -3.44. The van der Waals surface area contributed by atoms with Crippen LogP contribution >= 0.6 is 12.4 Å². The van der Waals surface area contributed by atoms with E-state index in [1.165, 1.54) is 4.31 Å². The Morgan fingerprint density at radius 3 is 2.14 bits per heavy atom. The lowest BCUT2D eigenvalue weighted by atomic mass is 10.0. The van der Waals surface area contributed by atoms with E-state index in [0.717, 1.165) is 13.1 Å². The third-order valence-electron chi connectivity index (χ3n) is 4.06. The fourth-order valence-corrected chi connectivity index (χ4v) is 4.06. The van der Waals surface area contributed by atoms with Crippen molar-refractivity contribution in [1.29, 1.82) is 0 Å². The zero-order valence-electron chi connectivity index (χ0n) is 12.1. The van der Waals surface area contributed by atoms with Crippen LogP contribution in [0, 0.1) is 5.92 Å². The number of benzene rings is 1. The van der Waals surface area contributed by atoms with E-state index < -0.39 is 10.0 Å². The third-order valence-corrected chi connectivity index (χ3v) is 5.97. The molecule has 0 unspecified atom stereocenters. The predicted molar refractivity (Wildman–Crippen MR) is 85.4 cm³/mol. The Morgan fingerprint density at radius 1 is 1.05 bits per heavy atom. The maximum absolute atomic E-state index is 12.5. The first-order valence-electron chi connectivity index (χ1n) is 7.14. The Kier molecular flexibility index (Phi) is 5.44. The normalized spacial score (nSPS) is 20.1. The second kappa shape index (κ2) is 6.95. The van der Waals surface area contributed by atoms with Crippen LogP contribution in [0.25, 0.3) is 0 Å². The van der Waals surface area contributed by atoms with Crippen molar-refractivity contribution in [3.05, 3.63) is 30.3 Å². The summed E-state index contributed by atoms with van der Waals surface area (Å²) in [6.07, 6.45) is 0. The van der Waals surface area contributed by atoms with Crippen molar-refractivity contribution in [2.24, 2.45) is 5.92 Å². The van der Waals surface area contributed by atoms with Crippen molar-refractivity contribution >= 4 is 28.3 Å². The maximum atomic E-state index is 12.5. The first kappa shape index (κ1) is 17.2. The quantitative estimate of drug-likeness (QED) is 0.847. The van der Waals surface area contributed by atoms with E-state index in [1.54, 1.807) is 35.2 Å². The van der Waals surface area contributed by atoms with Crippen molar-refractivity contribution in [3.63, 3.8) is 0 Å². The number of carbonyl (C=O) groups excluding carboxylic acids is 1. The number of hydrogen-bond donors (Lipinski definition) is 1. The lowest BCUT2D eigenvalue weighted by Crippen LogP contribution is -2.57. The Labute approximate surface area is 136 Å². The van der Waals surface area contributed by atoms with Crippen LogP contribution in [0.3, 0.4) is 0 Å². The molecule has 0 aliphatic carbocycles. The van der Waals surface area contributed by atoms with Crippen LogP contribution < -0.4 is 5.32 Å². The predicted octanol–water partition coefficient (Wildman–Crippen LogP) is 0.161. The highest BCUT2D eigenvalue weighted by molar-refractivity contribution is 7.89. The number of carbonyl (C=O) groups is 1. The molecule has 6 nitrogen and oxygen atoms in total. The van der Waals surface area contributed by atoms with Crippen LogP contribution in [-0.2, 0) is 14.8 Å². The number of amides is 1. The zero-order valence-corrected chi connectivity index (χ0v) is 13.8. The van der Waals surface area contributed by atoms with Gasteiger partial charge in [0, 0.05) is 39.3 Å². The van der Waals surface area contributed by atoms with Gasteiger partial charge in [0.2, 0.25) is 15.9 Å². The van der Waals surface area contributed by atoms with E-state index in [4.69, 9.17) is 0 Å². The molecule has 122 valence electrons. The van der Waals surface area contributed by atoms with Crippen LogP contribution in [0.2, 0.25) is 0 Å². The molecule has 0 aromatic heterocycles. The van der Waals surface area contributed by atoms with Gasteiger partial charge >= 0.3 is 0 Å². The van der Waals surface area contributed by atoms with Gasteiger partial charge in [-0.25, -0.2) is 8.42 Å². The van der Waals surface area contributed by atoms with Crippen molar-refractivity contribution in [2.75, 3.05) is 39.3 Å². The van der Waals surface area contributed by atoms with E-state index in [1.807, 2.05) is 0 Å². The van der Waals surface area contributed by atoms with Gasteiger partial charge < -0.3 is 10.2 Å². The second-order valence-corrected chi connectivity index (χ2v) is 7.34. The van der Waals surface area contributed by atoms with Gasteiger partial charge in [-0.1, -0.05) is 18.2 Å². The van der Waals surface area contributed by atoms with Crippen LogP contribution in [0.15, 0.2) is 35.2 Å². The first-order chi connectivity index (χ1) is 10.1. The van der Waals surface area contributed by atoms with Gasteiger partial charge in [-0.2, -0.15) is 4.31 Å². The minimum Gasteiger partial charge on any atom is -0.340 e. The molecule has 2 fully saturated rings. The summed E-state index contributed by atoms with van der Waals surface area (Å²) in [4.78, 5) is 14.2. The Morgan fingerprint density at radius 2 is 1.64 bits per heavy atom. The number of rotatable bonds is 3. The van der Waals surface area contributed by atoms with E-state index in [2.05, 4.69) is 5.32 Å². The largest absolute Gasteiger partial charge is 0.340 e. The van der Waals surface area contributed by atoms with Gasteiger partial charge in [0.05, 0.1) is 10.8 Å². The van der Waals surface area contributed by atoms with Crippen LogP contribution in [0.5, 0.6) is 0 Å². The molecule has 0 bridgehead atoms. The van der Waals surface area contributed by atoms with Crippen molar-refractivity contribution < 1.29 is 13.2 Å². The number of halogens is 1. The molecule has 1 amide bonds. The minimum absolute atomic E-state index is 0. The molecule has 0 radical (unpaired) electrons. The maximum Gasteiger partial charge on any atom is 0.243 e. The molecule has 0 saturated carbocycles. The topological polar surface area (TPSA) is 69.7 Å². The van der Waals surface area contributed by atoms with Crippen LogP contribution in [0.1, 0.15) is 0 Å². The molecular weight excluding hydrogens is 326 g/mol. The second-order valence-electron chi connectivity index (χ2n) is 5.40. The molecule has 0 atom stereocenters. The number of nitrogens with one attached hydrogen (secondary N) is 1. The average molecular weight is 346 g/mol. The molecule has 3 rings (SSSR count). The molecule has 2 aliphatic rings. The van der Waals surface area contributed by atoms with E-state index in [9.17, 15) is 13.2 Å². The number of sulfonamides is 1. The molecular formula is C14H20ClN3O3S. The molecule has 1 N–H and O–H groups in total. The fraction of sp³-hybridized carbons (Fsp3) is 0.500. The lowest BCUT2D eigenvalue weighted by molar-refractivity contribution is -0.138. The molecule has 2 aliphatic heterocycles. The fourth-order valence-electron chi connectivity index (χ4n) is 2.61. The van der Waals surface area contributed by atoms with Gasteiger partial charge in [0.1, 0.15) is 0 Å². The van der Waals surface area contributed by atoms with Gasteiger partial charge in [0.25, 0.3) is 0 Å². The van der Waals surface area contributed by atoms with E-state index in [-0.39, 0.29) is 24.2 Å². The van der Waals surface area contributed by atoms with E-state index >= 15 is 0 Å². The highest BCUT2D eigenvalue weighted by Crippen LogP contribution is 2.18. The van der Waals surface area contributed by atoms with Crippen molar-refractivity contribution in [2.45, 2.75) is 4.90 Å². The minimum atomic E-state index is -3.44. The van der Waals surface area contributed by atoms with Crippen LogP contribution in [0.4, 0.5) is 0 Å². The third kappa shape index (κ3) is 3.27. The summed E-state index contributed by atoms with van der Waals surface area (Å²) in [6, 6.07) is 8.44.